The quantitative estimate of drug-likeness (QED) is 0.645. The molecule has 0 spiro atoms. The van der Waals surface area contributed by atoms with E-state index in [1.165, 1.54) is 16.8 Å². The van der Waals surface area contributed by atoms with Gasteiger partial charge in [-0.2, -0.15) is 10.1 Å². The van der Waals surface area contributed by atoms with Crippen molar-refractivity contribution >= 4 is 17.5 Å². The van der Waals surface area contributed by atoms with E-state index in [0.717, 1.165) is 31.8 Å². The third kappa shape index (κ3) is 3.82. The molecule has 0 atom stereocenters. The van der Waals surface area contributed by atoms with Gasteiger partial charge >= 0.3 is 0 Å². The van der Waals surface area contributed by atoms with E-state index in [1.807, 2.05) is 0 Å². The first-order valence-corrected chi connectivity index (χ1v) is 8.13. The molecule has 0 bridgehead atoms. The van der Waals surface area contributed by atoms with Crippen LogP contribution in [-0.2, 0) is 7.05 Å². The number of rotatable bonds is 4. The number of carbonyl (C=O) groups is 1. The largest absolute Gasteiger partial charge is 0.317 e. The van der Waals surface area contributed by atoms with Crippen molar-refractivity contribution in [2.24, 2.45) is 7.05 Å². The number of anilines is 1. The molecule has 1 aliphatic rings. The number of hydrogen-bond donors (Lipinski definition) is 2. The Balaban J connectivity index is 1.79. The molecule has 1 aliphatic heterocycles. The van der Waals surface area contributed by atoms with Gasteiger partial charge in [-0.3, -0.25) is 20.2 Å². The minimum absolute atomic E-state index is 0.112. The van der Waals surface area contributed by atoms with Gasteiger partial charge in [0.15, 0.2) is 5.82 Å². The summed E-state index contributed by atoms with van der Waals surface area (Å²) < 4.78 is 1.53. The van der Waals surface area contributed by atoms with Crippen LogP contribution < -0.4 is 10.6 Å². The van der Waals surface area contributed by atoms with Crippen LogP contribution in [0.1, 0.15) is 40.5 Å². The lowest BCUT2D eigenvalue weighted by atomic mass is 9.98. The van der Waals surface area contributed by atoms with E-state index in [9.17, 15) is 14.9 Å². The number of hydrogen-bond acceptors (Lipinski definition) is 6. The zero-order valence-electron chi connectivity index (χ0n) is 14.2. The zero-order chi connectivity index (χ0) is 18.0. The summed E-state index contributed by atoms with van der Waals surface area (Å²) in [5.41, 5.74) is 0.754. The van der Waals surface area contributed by atoms with Gasteiger partial charge in [-0.15, -0.1) is 0 Å². The van der Waals surface area contributed by atoms with Gasteiger partial charge in [0.05, 0.1) is 4.92 Å². The van der Waals surface area contributed by atoms with Crippen LogP contribution in [0.15, 0.2) is 18.2 Å². The summed E-state index contributed by atoms with van der Waals surface area (Å²) in [6.07, 6.45) is 1.92. The highest BCUT2D eigenvalue weighted by atomic mass is 16.6. The van der Waals surface area contributed by atoms with E-state index in [4.69, 9.17) is 0 Å². The van der Waals surface area contributed by atoms with Gasteiger partial charge in [-0.05, 0) is 44.5 Å². The predicted octanol–water partition coefficient (Wildman–Crippen LogP) is 1.75. The summed E-state index contributed by atoms with van der Waals surface area (Å²) in [4.78, 5) is 27.3. The second-order valence-electron chi connectivity index (χ2n) is 6.21. The fraction of sp³-hybridized carbons (Fsp3) is 0.438. The van der Waals surface area contributed by atoms with Crippen LogP contribution in [-0.4, -0.2) is 38.7 Å². The number of nitro groups is 1. The zero-order valence-corrected chi connectivity index (χ0v) is 14.2. The van der Waals surface area contributed by atoms with Crippen LogP contribution >= 0.6 is 0 Å². The van der Waals surface area contributed by atoms with Crippen LogP contribution in [0.25, 0.3) is 0 Å². The molecule has 2 heterocycles. The first-order valence-electron chi connectivity index (χ1n) is 8.13. The van der Waals surface area contributed by atoms with Gasteiger partial charge in [0.1, 0.15) is 0 Å². The molecule has 0 radical (unpaired) electrons. The Morgan fingerprint density at radius 2 is 2.08 bits per heavy atom. The van der Waals surface area contributed by atoms with Crippen molar-refractivity contribution in [1.82, 2.24) is 20.1 Å². The molecule has 25 heavy (non-hydrogen) atoms. The SMILES string of the molecule is Cc1cc(C(=O)Nc2nc(C3CCNCC3)nn2C)cc([N+](=O)[O-])c1. The molecule has 9 nitrogen and oxygen atoms in total. The number of carbonyl (C=O) groups excluding carboxylic acids is 1. The molecule has 0 saturated carbocycles. The first-order chi connectivity index (χ1) is 11.9. The van der Waals surface area contributed by atoms with Gasteiger partial charge in [0, 0.05) is 30.7 Å². The van der Waals surface area contributed by atoms with Gasteiger partial charge in [-0.25, -0.2) is 4.68 Å². The van der Waals surface area contributed by atoms with Gasteiger partial charge in [0.25, 0.3) is 11.6 Å². The average Bonchev–Trinajstić information content (AvgIpc) is 2.96. The van der Waals surface area contributed by atoms with Crippen LogP contribution in [0.2, 0.25) is 0 Å². The lowest BCUT2D eigenvalue weighted by molar-refractivity contribution is -0.384. The normalized spacial score (nSPS) is 15.1. The summed E-state index contributed by atoms with van der Waals surface area (Å²) in [5.74, 6) is 0.884. The van der Waals surface area contributed by atoms with Gasteiger partial charge in [0.2, 0.25) is 5.95 Å². The topological polar surface area (TPSA) is 115 Å². The minimum atomic E-state index is -0.513. The van der Waals surface area contributed by atoms with E-state index in [-0.39, 0.29) is 17.2 Å². The number of nitro benzene ring substituents is 1. The standard InChI is InChI=1S/C16H20N6O3/c1-10-7-12(9-13(8-10)22(24)25)15(23)19-16-18-14(20-21(16)2)11-3-5-17-6-4-11/h7-9,11,17H,3-6H2,1-2H3,(H,18,19,20,23). The third-order valence-corrected chi connectivity index (χ3v) is 4.24. The Morgan fingerprint density at radius 1 is 1.36 bits per heavy atom. The molecule has 1 saturated heterocycles. The summed E-state index contributed by atoms with van der Waals surface area (Å²) in [6.45, 7) is 3.57. The molecule has 0 aliphatic carbocycles. The third-order valence-electron chi connectivity index (χ3n) is 4.24. The summed E-state index contributed by atoms with van der Waals surface area (Å²) in [6, 6.07) is 4.28. The van der Waals surface area contributed by atoms with Crippen LogP contribution in [0.3, 0.4) is 0 Å². The highest BCUT2D eigenvalue weighted by Crippen LogP contribution is 2.23. The Hall–Kier alpha value is -2.81. The molecule has 1 amide bonds. The Labute approximate surface area is 144 Å². The van der Waals surface area contributed by atoms with Crippen molar-refractivity contribution in [2.75, 3.05) is 18.4 Å². The second kappa shape index (κ2) is 6.98. The molecule has 3 rings (SSSR count). The lowest BCUT2D eigenvalue weighted by Crippen LogP contribution is -2.27. The molecule has 1 fully saturated rings. The highest BCUT2D eigenvalue weighted by Gasteiger charge is 2.22. The van der Waals surface area contributed by atoms with Crippen LogP contribution in [0.4, 0.5) is 11.6 Å². The number of benzene rings is 1. The van der Waals surface area contributed by atoms with Gasteiger partial charge < -0.3 is 5.32 Å². The maximum atomic E-state index is 12.5. The molecule has 2 aromatic rings. The molecule has 0 unspecified atom stereocenters. The fourth-order valence-corrected chi connectivity index (χ4v) is 2.94. The predicted molar refractivity (Wildman–Crippen MR) is 91.6 cm³/mol. The summed E-state index contributed by atoms with van der Waals surface area (Å²) in [5, 5.41) is 21.3. The average molecular weight is 344 g/mol. The van der Waals surface area contributed by atoms with E-state index in [1.54, 1.807) is 20.0 Å². The molecule has 1 aromatic heterocycles. The number of aromatic nitrogens is 3. The monoisotopic (exact) mass is 344 g/mol. The highest BCUT2D eigenvalue weighted by molar-refractivity contribution is 6.03. The van der Waals surface area contributed by atoms with Gasteiger partial charge in [-0.1, -0.05) is 0 Å². The minimum Gasteiger partial charge on any atom is -0.317 e. The Morgan fingerprint density at radius 3 is 2.76 bits per heavy atom. The van der Waals surface area contributed by atoms with Crippen molar-refractivity contribution in [1.29, 1.82) is 0 Å². The number of amides is 1. The molecule has 132 valence electrons. The number of nitrogens with zero attached hydrogens (tertiary/aromatic N) is 4. The van der Waals surface area contributed by atoms with E-state index >= 15 is 0 Å². The number of nitrogens with one attached hydrogen (secondary N) is 2. The van der Waals surface area contributed by atoms with Crippen molar-refractivity contribution in [3.8, 4) is 0 Å². The Kier molecular flexibility index (Phi) is 4.75. The second-order valence-corrected chi connectivity index (χ2v) is 6.21. The van der Waals surface area contributed by atoms with Crippen LogP contribution in [0.5, 0.6) is 0 Å². The molecule has 9 heteroatoms. The Bertz CT molecular complexity index is 810. The molecular weight excluding hydrogens is 324 g/mol. The maximum absolute atomic E-state index is 12.5. The van der Waals surface area contributed by atoms with E-state index in [0.29, 0.717) is 11.5 Å². The summed E-state index contributed by atoms with van der Waals surface area (Å²) in [7, 11) is 1.71. The fourth-order valence-electron chi connectivity index (χ4n) is 2.94. The number of non-ortho nitro benzene ring substituents is 1. The molecular formula is C16H20N6O3. The number of aryl methyl sites for hydroxylation is 2. The van der Waals surface area contributed by atoms with Crippen molar-refractivity contribution in [2.45, 2.75) is 25.7 Å². The summed E-state index contributed by atoms with van der Waals surface area (Å²) >= 11 is 0. The first kappa shape index (κ1) is 17.0. The van der Waals surface area contributed by atoms with E-state index in [2.05, 4.69) is 20.7 Å². The maximum Gasteiger partial charge on any atom is 0.270 e. The molecule has 2 N–H and O–H groups in total. The lowest BCUT2D eigenvalue weighted by Gasteiger charge is -2.19. The van der Waals surface area contributed by atoms with Crippen molar-refractivity contribution in [3.05, 3.63) is 45.3 Å². The molecule has 1 aromatic carbocycles. The van der Waals surface area contributed by atoms with Crippen molar-refractivity contribution in [3.63, 3.8) is 0 Å². The van der Waals surface area contributed by atoms with E-state index < -0.39 is 10.8 Å². The smallest absolute Gasteiger partial charge is 0.270 e. The number of piperidine rings is 1. The van der Waals surface area contributed by atoms with Crippen LogP contribution in [0, 0.1) is 17.0 Å². The van der Waals surface area contributed by atoms with Crippen molar-refractivity contribution < 1.29 is 9.72 Å².